The number of nitrogens with zero attached hydrogens (tertiary/aromatic N) is 6. The number of carbonyl (C=O) groups excluding carboxylic acids is 2. The number of ether oxygens (including phenoxy) is 1. The molecule has 0 bridgehead atoms. The average molecular weight is 503 g/mol. The van der Waals surface area contributed by atoms with Crippen LogP contribution in [0.3, 0.4) is 0 Å². The van der Waals surface area contributed by atoms with E-state index in [1.165, 1.54) is 16.7 Å². The summed E-state index contributed by atoms with van der Waals surface area (Å²) >= 11 is 0. The molecule has 0 aromatic carbocycles. The Kier molecular flexibility index (Phi) is 6.91. The zero-order chi connectivity index (χ0) is 26.0. The van der Waals surface area contributed by atoms with Crippen molar-refractivity contribution in [1.29, 1.82) is 0 Å². The molecule has 10 nitrogen and oxygen atoms in total. The van der Waals surface area contributed by atoms with E-state index in [0.717, 1.165) is 23.9 Å². The number of methoxy groups -OCH3 is 1. The van der Waals surface area contributed by atoms with E-state index in [-0.39, 0.29) is 17.5 Å². The molecule has 0 spiro atoms. The van der Waals surface area contributed by atoms with E-state index in [4.69, 9.17) is 4.74 Å². The number of hydrogen-bond acceptors (Lipinski definition) is 8. The maximum atomic E-state index is 13.0. The Morgan fingerprint density at radius 3 is 2.69 bits per heavy atom. The number of esters is 1. The molecular formula is C23H24F3N7O3. The Morgan fingerprint density at radius 1 is 1.19 bits per heavy atom. The molecule has 36 heavy (non-hydrogen) atoms. The van der Waals surface area contributed by atoms with E-state index in [2.05, 4.69) is 25.6 Å². The molecule has 1 fully saturated rings. The highest BCUT2D eigenvalue weighted by Gasteiger charge is 2.37. The summed E-state index contributed by atoms with van der Waals surface area (Å²) in [7, 11) is 1.29. The molecule has 13 heteroatoms. The van der Waals surface area contributed by atoms with Gasteiger partial charge in [0.25, 0.3) is 0 Å². The van der Waals surface area contributed by atoms with Crippen LogP contribution < -0.4 is 5.32 Å². The van der Waals surface area contributed by atoms with Crippen LogP contribution in [0.4, 0.5) is 24.8 Å². The summed E-state index contributed by atoms with van der Waals surface area (Å²) in [5.74, 6) is -0.475. The van der Waals surface area contributed by atoms with Crippen molar-refractivity contribution in [1.82, 2.24) is 29.9 Å². The number of likely N-dealkylation sites (tertiary alicyclic amines) is 1. The molecular weight excluding hydrogens is 479 g/mol. The number of halogens is 3. The van der Waals surface area contributed by atoms with E-state index in [9.17, 15) is 22.8 Å². The lowest BCUT2D eigenvalue weighted by Gasteiger charge is -2.25. The summed E-state index contributed by atoms with van der Waals surface area (Å²) < 4.78 is 45.3. The van der Waals surface area contributed by atoms with Crippen LogP contribution in [0.25, 0.3) is 11.4 Å². The van der Waals surface area contributed by atoms with Crippen LogP contribution in [0.5, 0.6) is 0 Å². The Balaban J connectivity index is 1.54. The lowest BCUT2D eigenvalue weighted by Crippen LogP contribution is -2.44. The van der Waals surface area contributed by atoms with Crippen molar-refractivity contribution in [3.8, 4) is 11.4 Å². The van der Waals surface area contributed by atoms with Gasteiger partial charge in [-0.3, -0.25) is 4.79 Å². The molecule has 1 unspecified atom stereocenters. The fourth-order valence-corrected chi connectivity index (χ4v) is 4.02. The first-order valence-electron chi connectivity index (χ1n) is 11.2. The van der Waals surface area contributed by atoms with E-state index < -0.39 is 29.8 Å². The SMILES string of the molecule is COC(=O)C1CCCN1C(=O)[C@@H](C)n1cc(-c2cc(C)cc(Nc3cc(C(F)(F)F)ccn3)n2)nn1. The zero-order valence-corrected chi connectivity index (χ0v) is 19.8. The van der Waals surface area contributed by atoms with Gasteiger partial charge >= 0.3 is 12.1 Å². The van der Waals surface area contributed by atoms with Gasteiger partial charge in [-0.2, -0.15) is 13.2 Å². The second kappa shape index (κ2) is 9.91. The van der Waals surface area contributed by atoms with Gasteiger partial charge in [0.15, 0.2) is 0 Å². The number of amides is 1. The summed E-state index contributed by atoms with van der Waals surface area (Å²) in [6.07, 6.45) is -0.637. The molecule has 0 aliphatic carbocycles. The second-order valence-electron chi connectivity index (χ2n) is 8.44. The van der Waals surface area contributed by atoms with Crippen molar-refractivity contribution >= 4 is 23.5 Å². The largest absolute Gasteiger partial charge is 0.467 e. The predicted molar refractivity (Wildman–Crippen MR) is 122 cm³/mol. The maximum absolute atomic E-state index is 13.0. The molecule has 1 amide bonds. The van der Waals surface area contributed by atoms with E-state index in [1.54, 1.807) is 32.2 Å². The number of rotatable bonds is 6. The number of hydrogen-bond donors (Lipinski definition) is 1. The summed E-state index contributed by atoms with van der Waals surface area (Å²) in [4.78, 5) is 34.9. The van der Waals surface area contributed by atoms with Crippen molar-refractivity contribution < 1.29 is 27.5 Å². The first-order valence-corrected chi connectivity index (χ1v) is 11.2. The maximum Gasteiger partial charge on any atom is 0.416 e. The molecule has 0 radical (unpaired) electrons. The molecule has 4 rings (SSSR count). The molecule has 3 aromatic heterocycles. The lowest BCUT2D eigenvalue weighted by molar-refractivity contribution is -0.152. The first kappa shape index (κ1) is 25.1. The summed E-state index contributed by atoms with van der Waals surface area (Å²) in [6, 6.07) is 3.82. The molecule has 1 N–H and O–H groups in total. The van der Waals surface area contributed by atoms with Gasteiger partial charge in [-0.25, -0.2) is 19.4 Å². The molecule has 1 aliphatic heterocycles. The average Bonchev–Trinajstić information content (AvgIpc) is 3.52. The van der Waals surface area contributed by atoms with Gasteiger partial charge in [0.2, 0.25) is 5.91 Å². The third-order valence-electron chi connectivity index (χ3n) is 5.85. The third-order valence-corrected chi connectivity index (χ3v) is 5.85. The standard InChI is InChI=1S/C23H24F3N7O3/c1-13-9-16(28-20(10-13)29-19-11-15(6-7-27-19)23(24,25)26)17-12-33(31-30-17)14(2)21(34)32-8-4-5-18(32)22(35)36-3/h6-7,9-12,14,18H,4-5,8H2,1-3H3,(H,27,28,29)/t14-,18?/m1/s1. The molecule has 1 aliphatic rings. The minimum absolute atomic E-state index is 0.0116. The third kappa shape index (κ3) is 5.29. The minimum Gasteiger partial charge on any atom is -0.467 e. The van der Waals surface area contributed by atoms with Gasteiger partial charge in [0.05, 0.1) is 24.6 Å². The molecule has 2 atom stereocenters. The van der Waals surface area contributed by atoms with E-state index in [1.807, 2.05) is 0 Å². The van der Waals surface area contributed by atoms with Crippen LogP contribution in [0.15, 0.2) is 36.7 Å². The van der Waals surface area contributed by atoms with Crippen molar-refractivity contribution in [2.45, 2.75) is 44.9 Å². The van der Waals surface area contributed by atoms with Gasteiger partial charge in [-0.05, 0) is 56.5 Å². The molecule has 0 saturated carbocycles. The van der Waals surface area contributed by atoms with Crippen LogP contribution in [-0.4, -0.2) is 61.4 Å². The smallest absolute Gasteiger partial charge is 0.416 e. The monoisotopic (exact) mass is 503 g/mol. The Labute approximate surface area is 204 Å². The van der Waals surface area contributed by atoms with E-state index >= 15 is 0 Å². The Morgan fingerprint density at radius 2 is 1.97 bits per heavy atom. The van der Waals surface area contributed by atoms with Crippen LogP contribution >= 0.6 is 0 Å². The number of alkyl halides is 3. The highest BCUT2D eigenvalue weighted by Crippen LogP contribution is 2.31. The summed E-state index contributed by atoms with van der Waals surface area (Å²) in [5, 5.41) is 11.0. The highest BCUT2D eigenvalue weighted by molar-refractivity contribution is 5.87. The topological polar surface area (TPSA) is 115 Å². The van der Waals surface area contributed by atoms with Gasteiger partial charge < -0.3 is 15.0 Å². The van der Waals surface area contributed by atoms with E-state index in [0.29, 0.717) is 30.8 Å². The van der Waals surface area contributed by atoms with Crippen LogP contribution in [-0.2, 0) is 20.5 Å². The first-order chi connectivity index (χ1) is 17.1. The van der Waals surface area contributed by atoms with Crippen molar-refractivity contribution in [2.75, 3.05) is 19.0 Å². The number of pyridine rings is 2. The van der Waals surface area contributed by atoms with Gasteiger partial charge in [0.1, 0.15) is 29.4 Å². The highest BCUT2D eigenvalue weighted by atomic mass is 19.4. The van der Waals surface area contributed by atoms with Crippen molar-refractivity contribution in [3.05, 3.63) is 47.8 Å². The molecule has 4 heterocycles. The number of nitrogens with one attached hydrogen (secondary N) is 1. The second-order valence-corrected chi connectivity index (χ2v) is 8.44. The number of aromatic nitrogens is 5. The van der Waals surface area contributed by atoms with Crippen LogP contribution in [0.1, 0.15) is 36.9 Å². The zero-order valence-electron chi connectivity index (χ0n) is 19.8. The van der Waals surface area contributed by atoms with Crippen molar-refractivity contribution in [3.63, 3.8) is 0 Å². The summed E-state index contributed by atoms with van der Waals surface area (Å²) in [6.45, 7) is 3.90. The van der Waals surface area contributed by atoms with Crippen molar-refractivity contribution in [2.24, 2.45) is 0 Å². The lowest BCUT2D eigenvalue weighted by atomic mass is 10.2. The number of anilines is 2. The molecule has 1 saturated heterocycles. The van der Waals surface area contributed by atoms with Crippen LogP contribution in [0.2, 0.25) is 0 Å². The number of aryl methyl sites for hydroxylation is 1. The van der Waals surface area contributed by atoms with Gasteiger partial charge in [-0.1, -0.05) is 5.21 Å². The van der Waals surface area contributed by atoms with Crippen LogP contribution in [0, 0.1) is 6.92 Å². The summed E-state index contributed by atoms with van der Waals surface area (Å²) in [5.41, 5.74) is 0.710. The Bertz CT molecular complexity index is 1280. The Hall–Kier alpha value is -4.03. The molecule has 190 valence electrons. The fraction of sp³-hybridized carbons (Fsp3) is 0.391. The van der Waals surface area contributed by atoms with Gasteiger partial charge in [-0.15, -0.1) is 5.10 Å². The predicted octanol–water partition coefficient (Wildman–Crippen LogP) is 3.53. The normalized spacial score (nSPS) is 16.6. The fourth-order valence-electron chi connectivity index (χ4n) is 4.02. The minimum atomic E-state index is -4.50. The number of carbonyl (C=O) groups is 2. The molecule has 3 aromatic rings. The van der Waals surface area contributed by atoms with Gasteiger partial charge in [0, 0.05) is 12.7 Å². The quantitative estimate of drug-likeness (QED) is 0.508.